The average molecular weight is 399 g/mol. The van der Waals surface area contributed by atoms with Gasteiger partial charge in [-0.15, -0.1) is 29.9 Å². The van der Waals surface area contributed by atoms with E-state index in [4.69, 9.17) is 5.73 Å². The van der Waals surface area contributed by atoms with E-state index in [1.165, 1.54) is 0 Å². The molecular formula is C16H30Cl3N5. The highest BCUT2D eigenvalue weighted by Crippen LogP contribution is 2.23. The van der Waals surface area contributed by atoms with E-state index in [9.17, 15) is 0 Å². The monoisotopic (exact) mass is 397 g/mol. The molecule has 0 aromatic carbocycles. The van der Waals surface area contributed by atoms with Crippen molar-refractivity contribution in [2.45, 2.75) is 39.8 Å². The first-order chi connectivity index (χ1) is 9.86. The van der Waals surface area contributed by atoms with Crippen LogP contribution < -0.4 is 23.5 Å². The number of aromatic nitrogens is 2. The van der Waals surface area contributed by atoms with Crippen molar-refractivity contribution in [3.63, 3.8) is 0 Å². The van der Waals surface area contributed by atoms with E-state index in [0.717, 1.165) is 34.6 Å². The number of nitrogens with two attached hydrogens (primary N) is 1. The summed E-state index contributed by atoms with van der Waals surface area (Å²) in [5.41, 5.74) is 7.83. The second kappa shape index (κ2) is 10.2. The van der Waals surface area contributed by atoms with E-state index in [0.29, 0.717) is 12.1 Å². The Morgan fingerprint density at radius 2 is 1.75 bits per heavy atom. The fraction of sp³-hybridized carbons (Fsp3) is 0.562. The highest BCUT2D eigenvalue weighted by atomic mass is 35.5. The Labute approximate surface area is 163 Å². The van der Waals surface area contributed by atoms with E-state index in [2.05, 4.69) is 45.2 Å². The lowest BCUT2D eigenvalue weighted by Gasteiger charge is -2.42. The van der Waals surface area contributed by atoms with Gasteiger partial charge in [0.05, 0.1) is 37.7 Å². The number of quaternary nitrogens is 1. The van der Waals surface area contributed by atoms with Crippen molar-refractivity contribution >= 4 is 41.8 Å². The molecule has 0 saturated carbocycles. The lowest BCUT2D eigenvalue weighted by Crippen LogP contribution is -3.00. The summed E-state index contributed by atoms with van der Waals surface area (Å²) in [5, 5.41) is 7.89. The normalized spacial score (nSPS) is 11.0. The minimum atomic E-state index is 0. The maximum Gasteiger partial charge on any atom is 0.172 e. The van der Waals surface area contributed by atoms with Gasteiger partial charge in [-0.1, -0.05) is 6.07 Å². The molecule has 0 saturated heterocycles. The molecule has 2 rings (SSSR count). The number of halogens is 3. The molecule has 2 heterocycles. The topological polar surface area (TPSA) is 55.4 Å². The molecule has 0 spiro atoms. The molecule has 140 valence electrons. The van der Waals surface area contributed by atoms with Crippen molar-refractivity contribution in [3.8, 4) is 0 Å². The highest BCUT2D eigenvalue weighted by molar-refractivity contribution is 5.85. The van der Waals surface area contributed by atoms with Crippen LogP contribution in [0.2, 0.25) is 0 Å². The molecule has 0 atom stereocenters. The lowest BCUT2D eigenvalue weighted by molar-refractivity contribution is -0.947. The van der Waals surface area contributed by atoms with Crippen LogP contribution in [0.25, 0.3) is 5.52 Å². The number of nitrogen functional groups attached to an aromatic ring is 1. The second-order valence-corrected chi connectivity index (χ2v) is 6.48. The van der Waals surface area contributed by atoms with Gasteiger partial charge in [-0.3, -0.25) is 0 Å². The van der Waals surface area contributed by atoms with Gasteiger partial charge in [0.1, 0.15) is 5.69 Å². The molecule has 0 aliphatic rings. The Morgan fingerprint density at radius 3 is 2.25 bits per heavy atom. The summed E-state index contributed by atoms with van der Waals surface area (Å²) in [6.07, 6.45) is 1.92. The van der Waals surface area contributed by atoms with Gasteiger partial charge in [-0.05, 0) is 39.8 Å². The maximum absolute atomic E-state index is 6.16. The van der Waals surface area contributed by atoms with Crippen LogP contribution in [0.15, 0.2) is 24.4 Å². The van der Waals surface area contributed by atoms with Crippen LogP contribution in [0.5, 0.6) is 0 Å². The zero-order valence-corrected chi connectivity index (χ0v) is 17.4. The van der Waals surface area contributed by atoms with E-state index in [1.54, 1.807) is 0 Å². The molecule has 0 aliphatic heterocycles. The van der Waals surface area contributed by atoms with E-state index in [1.807, 2.05) is 28.9 Å². The van der Waals surface area contributed by atoms with E-state index in [-0.39, 0.29) is 37.2 Å². The van der Waals surface area contributed by atoms with Gasteiger partial charge < -0.3 is 27.9 Å². The average Bonchev–Trinajstić information content (AvgIpc) is 2.75. The first-order valence-electron chi connectivity index (χ1n) is 7.68. The van der Waals surface area contributed by atoms with Crippen molar-refractivity contribution in [1.29, 1.82) is 0 Å². The summed E-state index contributed by atoms with van der Waals surface area (Å²) in [7, 11) is 2.31. The SMILES string of the molecule is CC(C)[N+](C)(CCNc1nn2ccccc2c1N)C(C)C.Cl.Cl.[Cl-]. The fourth-order valence-electron chi connectivity index (χ4n) is 2.68. The minimum Gasteiger partial charge on any atom is -1.00 e. The summed E-state index contributed by atoms with van der Waals surface area (Å²) in [6, 6.07) is 7.09. The molecule has 0 radical (unpaired) electrons. The van der Waals surface area contributed by atoms with Crippen molar-refractivity contribution in [1.82, 2.24) is 9.61 Å². The number of likely N-dealkylation sites (N-methyl/N-ethyl adjacent to an activating group) is 1. The van der Waals surface area contributed by atoms with Gasteiger partial charge in [0.25, 0.3) is 0 Å². The summed E-state index contributed by atoms with van der Waals surface area (Å²) in [5.74, 6) is 0.778. The summed E-state index contributed by atoms with van der Waals surface area (Å²) >= 11 is 0. The second-order valence-electron chi connectivity index (χ2n) is 6.48. The Kier molecular flexibility index (Phi) is 10.8. The van der Waals surface area contributed by atoms with Crippen LogP contribution in [0.4, 0.5) is 11.5 Å². The molecule has 2 aromatic rings. The number of nitrogens with one attached hydrogen (secondary N) is 1. The largest absolute Gasteiger partial charge is 1.00 e. The van der Waals surface area contributed by atoms with Crippen LogP contribution in [-0.4, -0.2) is 46.3 Å². The molecule has 0 aliphatic carbocycles. The summed E-state index contributed by atoms with van der Waals surface area (Å²) in [6.45, 7) is 11.0. The van der Waals surface area contributed by atoms with Gasteiger partial charge in [-0.2, -0.15) is 0 Å². The first-order valence-corrected chi connectivity index (χ1v) is 7.68. The molecule has 0 amide bonds. The van der Waals surface area contributed by atoms with Gasteiger partial charge in [0.15, 0.2) is 5.82 Å². The van der Waals surface area contributed by atoms with Gasteiger partial charge in [0.2, 0.25) is 0 Å². The zero-order valence-electron chi connectivity index (χ0n) is 15.0. The van der Waals surface area contributed by atoms with Crippen LogP contribution in [0.3, 0.4) is 0 Å². The van der Waals surface area contributed by atoms with Crippen molar-refractivity contribution in [2.75, 3.05) is 31.2 Å². The van der Waals surface area contributed by atoms with Crippen molar-refractivity contribution in [2.24, 2.45) is 0 Å². The van der Waals surface area contributed by atoms with Crippen LogP contribution >= 0.6 is 24.8 Å². The number of nitrogens with zero attached hydrogens (tertiary/aromatic N) is 3. The van der Waals surface area contributed by atoms with Gasteiger partial charge in [-0.25, -0.2) is 4.52 Å². The van der Waals surface area contributed by atoms with Crippen LogP contribution in [0.1, 0.15) is 27.7 Å². The van der Waals surface area contributed by atoms with E-state index >= 15 is 0 Å². The summed E-state index contributed by atoms with van der Waals surface area (Å²) in [4.78, 5) is 0. The minimum absolute atomic E-state index is 0. The number of anilines is 2. The molecule has 0 bridgehead atoms. The number of rotatable bonds is 6. The molecule has 0 unspecified atom stereocenters. The fourth-order valence-corrected chi connectivity index (χ4v) is 2.68. The molecule has 8 heteroatoms. The molecule has 2 aromatic heterocycles. The quantitative estimate of drug-likeness (QED) is 0.694. The third kappa shape index (κ3) is 5.06. The zero-order chi connectivity index (χ0) is 15.6. The van der Waals surface area contributed by atoms with Crippen LogP contribution in [0, 0.1) is 0 Å². The third-order valence-corrected chi connectivity index (χ3v) is 4.82. The number of fused-ring (bicyclic) bond motifs is 1. The number of hydrogen-bond donors (Lipinski definition) is 2. The highest BCUT2D eigenvalue weighted by Gasteiger charge is 2.29. The summed E-state index contributed by atoms with van der Waals surface area (Å²) < 4.78 is 2.84. The molecular weight excluding hydrogens is 369 g/mol. The predicted octanol–water partition coefficient (Wildman–Crippen LogP) is 0.439. The number of pyridine rings is 1. The standard InChI is InChI=1S/C16H28N5.3ClH/c1-12(2)21(5,13(3)4)11-9-18-16-15(17)14-8-6-7-10-20(14)19-16;;;/h6-8,10,12-13H,9,11,17H2,1-5H3,(H,18,19);3*1H/q+1;;;/p-1. The molecule has 5 nitrogen and oxygen atoms in total. The molecule has 0 fully saturated rings. The lowest BCUT2D eigenvalue weighted by atomic mass is 10.1. The predicted molar refractivity (Wildman–Crippen MR) is 104 cm³/mol. The Hall–Kier alpha value is -0.880. The molecule has 24 heavy (non-hydrogen) atoms. The van der Waals surface area contributed by atoms with Gasteiger partial charge in [0, 0.05) is 6.20 Å². The number of hydrogen-bond acceptors (Lipinski definition) is 3. The van der Waals surface area contributed by atoms with E-state index < -0.39 is 0 Å². The van der Waals surface area contributed by atoms with Gasteiger partial charge >= 0.3 is 0 Å². The first kappa shape index (κ1) is 25.4. The Balaban J connectivity index is 0. The Bertz CT molecular complexity index is 605. The third-order valence-electron chi connectivity index (χ3n) is 4.82. The van der Waals surface area contributed by atoms with Crippen molar-refractivity contribution < 1.29 is 16.9 Å². The van der Waals surface area contributed by atoms with Crippen LogP contribution in [-0.2, 0) is 0 Å². The van der Waals surface area contributed by atoms with Crippen molar-refractivity contribution in [3.05, 3.63) is 24.4 Å². The Morgan fingerprint density at radius 1 is 1.17 bits per heavy atom. The maximum atomic E-state index is 6.16. The molecule has 3 N–H and O–H groups in total. The smallest absolute Gasteiger partial charge is 0.172 e.